The minimum atomic E-state index is -1.14. The second-order valence-electron chi connectivity index (χ2n) is 2.48. The Morgan fingerprint density at radius 1 is 1.67 bits per heavy atom. The van der Waals surface area contributed by atoms with Gasteiger partial charge < -0.3 is 14.3 Å². The molecular weight excluding hydrogens is 222 g/mol. The summed E-state index contributed by atoms with van der Waals surface area (Å²) in [5.41, 5.74) is -0.143. The Morgan fingerprint density at radius 3 is 2.93 bits per heavy atom. The Labute approximate surface area is 89.6 Å². The Hall–Kier alpha value is -1.50. The van der Waals surface area contributed by atoms with Crippen molar-refractivity contribution in [2.24, 2.45) is 0 Å². The number of thioether (sulfide) groups is 1. The van der Waals surface area contributed by atoms with Crippen molar-refractivity contribution >= 4 is 23.7 Å². The fourth-order valence-corrected chi connectivity index (χ4v) is 1.47. The lowest BCUT2D eigenvalue weighted by atomic mass is 10.5. The molecule has 0 radical (unpaired) electrons. The fraction of sp³-hybridized carbons (Fsp3) is 0.375. The molecule has 0 saturated carbocycles. The molecule has 0 fully saturated rings. The maximum absolute atomic E-state index is 10.7. The first-order valence-corrected chi connectivity index (χ1v) is 5.00. The number of ether oxygens (including phenoxy) is 1. The zero-order chi connectivity index (χ0) is 11.3. The summed E-state index contributed by atoms with van der Waals surface area (Å²) >= 11 is 1.16. The van der Waals surface area contributed by atoms with Gasteiger partial charge in [0.1, 0.15) is 6.26 Å². The van der Waals surface area contributed by atoms with Crippen molar-refractivity contribution in [2.45, 2.75) is 11.6 Å². The van der Waals surface area contributed by atoms with Crippen LogP contribution in [0.4, 0.5) is 0 Å². The Balaban J connectivity index is 2.38. The first-order chi connectivity index (χ1) is 7.13. The number of carbonyl (C=O) groups is 2. The summed E-state index contributed by atoms with van der Waals surface area (Å²) in [5, 5.41) is 8.78. The Bertz CT molecular complexity index is 362. The Kier molecular flexibility index (Phi) is 4.17. The number of carboxylic acid groups (broad SMARTS) is 1. The molecule has 0 aromatic carbocycles. The van der Waals surface area contributed by atoms with E-state index in [1.165, 1.54) is 7.11 Å². The fourth-order valence-electron chi connectivity index (χ4n) is 0.746. The van der Waals surface area contributed by atoms with Crippen LogP contribution in [0.2, 0.25) is 0 Å². The van der Waals surface area contributed by atoms with Gasteiger partial charge in [-0.05, 0) is 0 Å². The lowest BCUT2D eigenvalue weighted by molar-refractivity contribution is -0.140. The summed E-state index contributed by atoms with van der Waals surface area (Å²) in [5.74, 6) is -1.03. The summed E-state index contributed by atoms with van der Waals surface area (Å²) in [6.45, 7) is 0. The molecule has 7 heteroatoms. The maximum atomic E-state index is 10.7. The number of nitrogens with zero attached hydrogens (tertiary/aromatic N) is 1. The van der Waals surface area contributed by atoms with Crippen LogP contribution in [0.15, 0.2) is 15.9 Å². The standard InChI is InChI=1S/C8H9NO5S/c1-13-6(10)2-3-15-8-9-5(4-14-8)7(11)12/h4H,2-3H2,1H3,(H,11,12). The molecule has 1 heterocycles. The van der Waals surface area contributed by atoms with Gasteiger partial charge in [-0.15, -0.1) is 0 Å². The van der Waals surface area contributed by atoms with Crippen molar-refractivity contribution in [3.8, 4) is 0 Å². The number of carbonyl (C=O) groups excluding carboxylic acids is 1. The molecule has 6 nitrogen and oxygen atoms in total. The summed E-state index contributed by atoms with van der Waals surface area (Å²) in [6.07, 6.45) is 1.29. The third-order valence-corrected chi connectivity index (χ3v) is 2.30. The van der Waals surface area contributed by atoms with Crippen molar-refractivity contribution in [2.75, 3.05) is 12.9 Å². The van der Waals surface area contributed by atoms with Crippen LogP contribution in [-0.4, -0.2) is 34.9 Å². The highest BCUT2D eigenvalue weighted by Gasteiger charge is 2.11. The molecule has 0 amide bonds. The third-order valence-electron chi connectivity index (χ3n) is 1.46. The molecule has 0 bridgehead atoms. The quantitative estimate of drug-likeness (QED) is 0.597. The van der Waals surface area contributed by atoms with E-state index in [0.717, 1.165) is 18.0 Å². The van der Waals surface area contributed by atoms with E-state index in [2.05, 4.69) is 9.72 Å². The monoisotopic (exact) mass is 231 g/mol. The third kappa shape index (κ3) is 3.62. The molecule has 1 aromatic rings. The molecule has 0 aliphatic heterocycles. The van der Waals surface area contributed by atoms with Crippen LogP contribution >= 0.6 is 11.8 Å². The van der Waals surface area contributed by atoms with Crippen molar-refractivity contribution in [1.82, 2.24) is 4.98 Å². The molecule has 0 saturated heterocycles. The van der Waals surface area contributed by atoms with Crippen LogP contribution in [0.1, 0.15) is 16.9 Å². The summed E-state index contributed by atoms with van der Waals surface area (Å²) in [7, 11) is 1.31. The first kappa shape index (κ1) is 11.6. The van der Waals surface area contributed by atoms with Gasteiger partial charge >= 0.3 is 11.9 Å². The topological polar surface area (TPSA) is 89.6 Å². The van der Waals surface area contributed by atoms with E-state index in [9.17, 15) is 9.59 Å². The molecule has 1 rings (SSSR count). The van der Waals surface area contributed by atoms with Crippen LogP contribution in [0.5, 0.6) is 0 Å². The van der Waals surface area contributed by atoms with E-state index < -0.39 is 5.97 Å². The molecule has 0 unspecified atom stereocenters. The smallest absolute Gasteiger partial charge is 0.357 e. The van der Waals surface area contributed by atoms with Gasteiger partial charge in [-0.3, -0.25) is 4.79 Å². The predicted octanol–water partition coefficient (Wildman–Crippen LogP) is 1.03. The van der Waals surface area contributed by atoms with E-state index in [0.29, 0.717) is 5.75 Å². The normalized spacial score (nSPS) is 9.93. The Morgan fingerprint density at radius 2 is 2.40 bits per heavy atom. The minimum Gasteiger partial charge on any atom is -0.476 e. The molecule has 0 aliphatic rings. The van der Waals surface area contributed by atoms with Crippen molar-refractivity contribution in [3.63, 3.8) is 0 Å². The van der Waals surface area contributed by atoms with Crippen LogP contribution < -0.4 is 0 Å². The van der Waals surface area contributed by atoms with Gasteiger partial charge in [-0.1, -0.05) is 11.8 Å². The second-order valence-corrected chi connectivity index (χ2v) is 3.52. The largest absolute Gasteiger partial charge is 0.476 e. The average molecular weight is 231 g/mol. The molecule has 0 atom stereocenters. The van der Waals surface area contributed by atoms with Crippen molar-refractivity contribution in [1.29, 1.82) is 0 Å². The maximum Gasteiger partial charge on any atom is 0.357 e. The molecule has 82 valence electrons. The van der Waals surface area contributed by atoms with Gasteiger partial charge in [-0.25, -0.2) is 4.79 Å². The first-order valence-electron chi connectivity index (χ1n) is 4.02. The molecule has 0 spiro atoms. The number of aromatic carboxylic acids is 1. The molecule has 15 heavy (non-hydrogen) atoms. The van der Waals surface area contributed by atoms with Crippen molar-refractivity contribution < 1.29 is 23.8 Å². The zero-order valence-electron chi connectivity index (χ0n) is 7.93. The van der Waals surface area contributed by atoms with E-state index >= 15 is 0 Å². The van der Waals surface area contributed by atoms with Crippen LogP contribution in [0, 0.1) is 0 Å². The van der Waals surface area contributed by atoms with Crippen LogP contribution in [0.25, 0.3) is 0 Å². The molecular formula is C8H9NO5S. The SMILES string of the molecule is COC(=O)CCSc1nc(C(=O)O)co1. The second kappa shape index (κ2) is 5.40. The van der Waals surface area contributed by atoms with Crippen molar-refractivity contribution in [3.05, 3.63) is 12.0 Å². The number of esters is 1. The number of hydrogen-bond acceptors (Lipinski definition) is 6. The van der Waals surface area contributed by atoms with Gasteiger partial charge in [0.25, 0.3) is 5.22 Å². The molecule has 1 aromatic heterocycles. The molecule has 0 aliphatic carbocycles. The number of rotatable bonds is 5. The molecule has 1 N–H and O–H groups in total. The number of aromatic nitrogens is 1. The van der Waals surface area contributed by atoms with Gasteiger partial charge in [0, 0.05) is 5.75 Å². The van der Waals surface area contributed by atoms with E-state index in [4.69, 9.17) is 9.52 Å². The van der Waals surface area contributed by atoms with Crippen LogP contribution in [-0.2, 0) is 9.53 Å². The highest BCUT2D eigenvalue weighted by atomic mass is 32.2. The van der Waals surface area contributed by atoms with Gasteiger partial charge in [0.2, 0.25) is 0 Å². The van der Waals surface area contributed by atoms with Crippen LogP contribution in [0.3, 0.4) is 0 Å². The highest BCUT2D eigenvalue weighted by Crippen LogP contribution is 2.17. The highest BCUT2D eigenvalue weighted by molar-refractivity contribution is 7.99. The summed E-state index contributed by atoms with van der Waals surface area (Å²) < 4.78 is 9.29. The van der Waals surface area contributed by atoms with E-state index in [1.54, 1.807) is 0 Å². The summed E-state index contributed by atoms with van der Waals surface area (Å²) in [6, 6.07) is 0. The number of oxazole rings is 1. The lowest BCUT2D eigenvalue weighted by Gasteiger charge is -1.95. The number of carboxylic acids is 1. The van der Waals surface area contributed by atoms with E-state index in [1.807, 2.05) is 0 Å². The van der Waals surface area contributed by atoms with Gasteiger partial charge in [0.05, 0.1) is 13.5 Å². The number of methoxy groups -OCH3 is 1. The lowest BCUT2D eigenvalue weighted by Crippen LogP contribution is -2.01. The number of hydrogen-bond donors (Lipinski definition) is 1. The average Bonchev–Trinajstić information content (AvgIpc) is 2.66. The minimum absolute atomic E-state index is 0.143. The zero-order valence-corrected chi connectivity index (χ0v) is 8.74. The van der Waals surface area contributed by atoms with E-state index in [-0.39, 0.29) is 23.3 Å². The summed E-state index contributed by atoms with van der Waals surface area (Å²) in [4.78, 5) is 24.8. The predicted molar refractivity (Wildman–Crippen MR) is 50.8 cm³/mol. The van der Waals surface area contributed by atoms with Gasteiger partial charge in [0.15, 0.2) is 5.69 Å². The van der Waals surface area contributed by atoms with Gasteiger partial charge in [-0.2, -0.15) is 4.98 Å².